The summed E-state index contributed by atoms with van der Waals surface area (Å²) in [4.78, 5) is 24.3. The summed E-state index contributed by atoms with van der Waals surface area (Å²) in [5.41, 5.74) is 0.878. The number of carbonyl (C=O) groups excluding carboxylic acids is 1. The van der Waals surface area contributed by atoms with Crippen LogP contribution < -0.4 is 5.32 Å². The van der Waals surface area contributed by atoms with Crippen molar-refractivity contribution in [1.82, 2.24) is 15.2 Å². The molecule has 0 aliphatic carbocycles. The molecule has 0 radical (unpaired) electrons. The van der Waals surface area contributed by atoms with Gasteiger partial charge in [-0.3, -0.25) is 9.89 Å². The van der Waals surface area contributed by atoms with Gasteiger partial charge in [0.25, 0.3) is 5.91 Å². The molecule has 0 saturated heterocycles. The minimum absolute atomic E-state index is 0.108. The van der Waals surface area contributed by atoms with Crippen LogP contribution in [0.1, 0.15) is 37.0 Å². The number of aromatic nitrogens is 3. The van der Waals surface area contributed by atoms with E-state index >= 15 is 0 Å². The van der Waals surface area contributed by atoms with Crippen molar-refractivity contribution in [1.29, 1.82) is 0 Å². The SMILES string of the molecule is CC(C)(C)c1cc(NC(=O)c2ccc([N+](=O)[O-])[nH]2)n[nH]1. The van der Waals surface area contributed by atoms with Gasteiger partial charge in [-0.05, 0) is 11.0 Å². The number of nitrogens with one attached hydrogen (secondary N) is 3. The molecular weight excluding hydrogens is 262 g/mol. The van der Waals surface area contributed by atoms with Crippen molar-refractivity contribution in [2.24, 2.45) is 0 Å². The van der Waals surface area contributed by atoms with Crippen molar-refractivity contribution in [3.63, 3.8) is 0 Å². The monoisotopic (exact) mass is 277 g/mol. The summed E-state index contributed by atoms with van der Waals surface area (Å²) in [6, 6.07) is 4.32. The zero-order valence-corrected chi connectivity index (χ0v) is 11.4. The molecule has 3 N–H and O–H groups in total. The Labute approximate surface area is 114 Å². The number of anilines is 1. The summed E-state index contributed by atoms with van der Waals surface area (Å²) < 4.78 is 0. The Kier molecular flexibility index (Phi) is 3.31. The molecule has 0 fully saturated rings. The predicted octanol–water partition coefficient (Wildman–Crippen LogP) is 2.20. The molecule has 0 spiro atoms. The molecule has 1 amide bonds. The maximum Gasteiger partial charge on any atom is 0.321 e. The first-order valence-electron chi connectivity index (χ1n) is 5.98. The largest absolute Gasteiger partial charge is 0.358 e. The maximum atomic E-state index is 11.9. The zero-order valence-electron chi connectivity index (χ0n) is 11.4. The smallest absolute Gasteiger partial charge is 0.321 e. The van der Waals surface area contributed by atoms with Crippen LogP contribution in [0.15, 0.2) is 18.2 Å². The average molecular weight is 277 g/mol. The lowest BCUT2D eigenvalue weighted by Crippen LogP contribution is -2.13. The summed E-state index contributed by atoms with van der Waals surface area (Å²) in [6.45, 7) is 6.04. The summed E-state index contributed by atoms with van der Waals surface area (Å²) in [5, 5.41) is 19.9. The summed E-state index contributed by atoms with van der Waals surface area (Å²) >= 11 is 0. The van der Waals surface area contributed by atoms with Crippen LogP contribution in [0.3, 0.4) is 0 Å². The van der Waals surface area contributed by atoms with Gasteiger partial charge in [0.05, 0.1) is 0 Å². The predicted molar refractivity (Wildman–Crippen MR) is 72.7 cm³/mol. The maximum absolute atomic E-state index is 11.9. The van der Waals surface area contributed by atoms with Gasteiger partial charge in [-0.2, -0.15) is 5.10 Å². The van der Waals surface area contributed by atoms with Crippen molar-refractivity contribution in [2.45, 2.75) is 26.2 Å². The number of aromatic amines is 2. The molecular formula is C12H15N5O3. The molecule has 2 aromatic rings. The van der Waals surface area contributed by atoms with E-state index in [1.54, 1.807) is 6.07 Å². The van der Waals surface area contributed by atoms with Crippen LogP contribution in [0.25, 0.3) is 0 Å². The number of hydrogen-bond acceptors (Lipinski definition) is 4. The number of H-pyrrole nitrogens is 2. The molecule has 0 aromatic carbocycles. The minimum Gasteiger partial charge on any atom is -0.358 e. The standard InChI is InChI=1S/C12H15N5O3/c1-12(2,3)8-6-9(16-15-8)14-11(18)7-4-5-10(13-7)17(19)20/h4-6,13H,1-3H3,(H2,14,15,16,18). The fourth-order valence-corrected chi connectivity index (χ4v) is 1.58. The number of nitrogens with zero attached hydrogens (tertiary/aromatic N) is 2. The fraction of sp³-hybridized carbons (Fsp3) is 0.333. The highest BCUT2D eigenvalue weighted by molar-refractivity contribution is 6.02. The lowest BCUT2D eigenvalue weighted by molar-refractivity contribution is -0.389. The quantitative estimate of drug-likeness (QED) is 0.588. The average Bonchev–Trinajstić information content (AvgIpc) is 2.95. The Bertz CT molecular complexity index is 650. The van der Waals surface area contributed by atoms with Crippen LogP contribution in [0.2, 0.25) is 0 Å². The topological polar surface area (TPSA) is 117 Å². The fourth-order valence-electron chi connectivity index (χ4n) is 1.58. The van der Waals surface area contributed by atoms with Gasteiger partial charge in [0.15, 0.2) is 11.5 Å². The van der Waals surface area contributed by atoms with Crippen LogP contribution in [-0.2, 0) is 5.41 Å². The Morgan fingerprint density at radius 2 is 2.10 bits per heavy atom. The summed E-state index contributed by atoms with van der Waals surface area (Å²) in [7, 11) is 0. The molecule has 20 heavy (non-hydrogen) atoms. The minimum atomic E-state index is -0.594. The van der Waals surface area contributed by atoms with Gasteiger partial charge >= 0.3 is 5.82 Å². The normalized spacial score (nSPS) is 11.3. The van der Waals surface area contributed by atoms with E-state index in [1.165, 1.54) is 12.1 Å². The van der Waals surface area contributed by atoms with Gasteiger partial charge in [-0.1, -0.05) is 20.8 Å². The van der Waals surface area contributed by atoms with E-state index in [4.69, 9.17) is 0 Å². The molecule has 2 rings (SSSR count). The van der Waals surface area contributed by atoms with Crippen LogP contribution >= 0.6 is 0 Å². The number of carbonyl (C=O) groups is 1. The lowest BCUT2D eigenvalue weighted by atomic mass is 9.92. The molecule has 0 aliphatic heterocycles. The van der Waals surface area contributed by atoms with E-state index in [0.29, 0.717) is 5.82 Å². The van der Waals surface area contributed by atoms with Gasteiger partial charge in [-0.15, -0.1) is 0 Å². The Morgan fingerprint density at radius 3 is 2.60 bits per heavy atom. The molecule has 0 saturated carbocycles. The number of amides is 1. The van der Waals surface area contributed by atoms with Crippen LogP contribution in [0, 0.1) is 10.1 Å². The molecule has 0 bridgehead atoms. The van der Waals surface area contributed by atoms with Crippen LogP contribution in [-0.4, -0.2) is 26.0 Å². The van der Waals surface area contributed by atoms with E-state index in [1.807, 2.05) is 20.8 Å². The highest BCUT2D eigenvalue weighted by Gasteiger charge is 2.19. The number of nitro groups is 1. The molecule has 0 atom stereocenters. The molecule has 0 aliphatic rings. The second-order valence-electron chi connectivity index (χ2n) is 5.39. The first-order valence-corrected chi connectivity index (χ1v) is 5.98. The van der Waals surface area contributed by atoms with Gasteiger partial charge in [0.1, 0.15) is 0 Å². The number of hydrogen-bond donors (Lipinski definition) is 3. The van der Waals surface area contributed by atoms with Gasteiger partial charge < -0.3 is 15.4 Å². The first-order chi connectivity index (χ1) is 9.27. The van der Waals surface area contributed by atoms with E-state index in [9.17, 15) is 14.9 Å². The third-order valence-corrected chi connectivity index (χ3v) is 2.74. The van der Waals surface area contributed by atoms with Crippen LogP contribution in [0.5, 0.6) is 0 Å². The molecule has 2 aromatic heterocycles. The summed E-state index contributed by atoms with van der Waals surface area (Å²) in [5.74, 6) is -0.338. The molecule has 8 nitrogen and oxygen atoms in total. The third kappa shape index (κ3) is 2.85. The highest BCUT2D eigenvalue weighted by Crippen LogP contribution is 2.22. The second-order valence-corrected chi connectivity index (χ2v) is 5.39. The molecule has 2 heterocycles. The van der Waals surface area contributed by atoms with Gasteiger partial charge in [0, 0.05) is 23.2 Å². The van der Waals surface area contributed by atoms with Crippen molar-refractivity contribution < 1.29 is 9.72 Å². The zero-order chi connectivity index (χ0) is 14.9. The molecule has 8 heteroatoms. The van der Waals surface area contributed by atoms with Gasteiger partial charge in [-0.25, -0.2) is 4.98 Å². The third-order valence-electron chi connectivity index (χ3n) is 2.74. The number of rotatable bonds is 3. The first kappa shape index (κ1) is 13.8. The van der Waals surface area contributed by atoms with E-state index < -0.39 is 10.8 Å². The molecule has 106 valence electrons. The van der Waals surface area contributed by atoms with Gasteiger partial charge in [0.2, 0.25) is 0 Å². The summed E-state index contributed by atoms with van der Waals surface area (Å²) in [6.07, 6.45) is 0. The van der Waals surface area contributed by atoms with Crippen molar-refractivity contribution in [2.75, 3.05) is 5.32 Å². The second kappa shape index (κ2) is 4.80. The Morgan fingerprint density at radius 1 is 1.40 bits per heavy atom. The van der Waals surface area contributed by atoms with E-state index in [0.717, 1.165) is 5.69 Å². The van der Waals surface area contributed by atoms with E-state index in [2.05, 4.69) is 20.5 Å². The van der Waals surface area contributed by atoms with Crippen molar-refractivity contribution in [3.05, 3.63) is 39.7 Å². The van der Waals surface area contributed by atoms with Crippen LogP contribution in [0.4, 0.5) is 11.6 Å². The highest BCUT2D eigenvalue weighted by atomic mass is 16.6. The van der Waals surface area contributed by atoms with E-state index in [-0.39, 0.29) is 16.9 Å². The lowest BCUT2D eigenvalue weighted by Gasteiger charge is -2.14. The Hall–Kier alpha value is -2.64. The van der Waals surface area contributed by atoms with Crippen molar-refractivity contribution >= 4 is 17.5 Å². The molecule has 0 unspecified atom stereocenters. The van der Waals surface area contributed by atoms with Crippen molar-refractivity contribution in [3.8, 4) is 0 Å². The Balaban J connectivity index is 2.11.